The van der Waals surface area contributed by atoms with E-state index in [4.69, 9.17) is 11.6 Å². The van der Waals surface area contributed by atoms with Crippen molar-refractivity contribution in [3.05, 3.63) is 0 Å². The molecule has 0 N–H and O–H groups in total. The van der Waals surface area contributed by atoms with Gasteiger partial charge in [-0.1, -0.05) is 6.92 Å². The highest BCUT2D eigenvalue weighted by atomic mass is 35.5. The summed E-state index contributed by atoms with van der Waals surface area (Å²) in [5.41, 5.74) is 0. The van der Waals surface area contributed by atoms with Gasteiger partial charge in [-0.2, -0.15) is 0 Å². The maximum atomic E-state index is 10.9. The lowest BCUT2D eigenvalue weighted by molar-refractivity contribution is -0.116. The first kappa shape index (κ1) is 10.0. The van der Waals surface area contributed by atoms with Crippen LogP contribution >= 0.6 is 11.6 Å². The van der Waals surface area contributed by atoms with Crippen molar-refractivity contribution in [2.45, 2.75) is 19.8 Å². The molecule has 1 unspecified atom stereocenters. The Morgan fingerprint density at radius 2 is 2.00 bits per heavy atom. The molecule has 1 saturated heterocycles. The lowest BCUT2D eigenvalue weighted by Gasteiger charge is -2.31. The highest BCUT2D eigenvalue weighted by Crippen LogP contribution is 2.25. The summed E-state index contributed by atoms with van der Waals surface area (Å²) in [6.45, 7) is 4.13. The maximum Gasteiger partial charge on any atom is 0.224 e. The molecule has 3 heteroatoms. The van der Waals surface area contributed by atoms with E-state index in [1.165, 1.54) is 0 Å². The number of rotatable bonds is 2. The van der Waals surface area contributed by atoms with Crippen LogP contribution < -0.4 is 0 Å². The van der Waals surface area contributed by atoms with Crippen LogP contribution in [-0.2, 0) is 4.79 Å². The van der Waals surface area contributed by atoms with E-state index in [1.54, 1.807) is 0 Å². The average Bonchev–Trinajstić information content (AvgIpc) is 2.04. The molecule has 1 fully saturated rings. The van der Waals surface area contributed by atoms with Crippen LogP contribution in [0.2, 0.25) is 0 Å². The largest absolute Gasteiger partial charge is 0.306 e. The normalized spacial score (nSPS) is 23.9. The Hall–Kier alpha value is -0.0800. The maximum absolute atomic E-state index is 10.9. The van der Waals surface area contributed by atoms with Crippen molar-refractivity contribution in [1.29, 1.82) is 0 Å². The van der Waals surface area contributed by atoms with Gasteiger partial charge in [-0.15, -0.1) is 0 Å². The quantitative estimate of drug-likeness (QED) is 0.617. The monoisotopic (exact) mass is 189 g/mol. The van der Waals surface area contributed by atoms with E-state index >= 15 is 0 Å². The summed E-state index contributed by atoms with van der Waals surface area (Å²) < 4.78 is 0. The number of carbonyl (C=O) groups is 1. The Morgan fingerprint density at radius 3 is 2.42 bits per heavy atom. The van der Waals surface area contributed by atoms with Crippen LogP contribution in [0.3, 0.4) is 0 Å². The zero-order chi connectivity index (χ0) is 9.14. The number of likely N-dealkylation sites (tertiary alicyclic amines) is 1. The fraction of sp³-hybridized carbons (Fsp3) is 0.889. The van der Waals surface area contributed by atoms with Crippen LogP contribution in [0.5, 0.6) is 0 Å². The molecule has 0 radical (unpaired) electrons. The highest BCUT2D eigenvalue weighted by Gasteiger charge is 2.25. The Bertz CT molecular complexity index is 164. The Kier molecular flexibility index (Phi) is 3.53. The second-order valence-electron chi connectivity index (χ2n) is 3.73. The van der Waals surface area contributed by atoms with E-state index in [0.29, 0.717) is 5.92 Å². The Morgan fingerprint density at radius 1 is 1.50 bits per heavy atom. The van der Waals surface area contributed by atoms with Gasteiger partial charge in [-0.25, -0.2) is 0 Å². The van der Waals surface area contributed by atoms with Gasteiger partial charge < -0.3 is 4.90 Å². The molecule has 2 nitrogen and oxygen atoms in total. The lowest BCUT2D eigenvalue weighted by atomic mass is 9.86. The molecular formula is C9H16ClNO. The molecule has 0 spiro atoms. The molecule has 0 aromatic heterocycles. The molecular weight excluding hydrogens is 174 g/mol. The van der Waals surface area contributed by atoms with Crippen molar-refractivity contribution in [2.75, 3.05) is 20.1 Å². The summed E-state index contributed by atoms with van der Waals surface area (Å²) in [6, 6.07) is 0. The number of hydrogen-bond acceptors (Lipinski definition) is 2. The van der Waals surface area contributed by atoms with Crippen LogP contribution in [-0.4, -0.2) is 30.3 Å². The second-order valence-corrected chi connectivity index (χ2v) is 4.11. The van der Waals surface area contributed by atoms with Gasteiger partial charge in [-0.05, 0) is 50.5 Å². The molecule has 1 atom stereocenters. The van der Waals surface area contributed by atoms with E-state index in [-0.39, 0.29) is 11.2 Å². The SMILES string of the molecule is CC(C(=O)Cl)C1CCN(C)CC1. The first-order valence-corrected chi connectivity index (χ1v) is 4.87. The molecule has 0 amide bonds. The van der Waals surface area contributed by atoms with Crippen LogP contribution in [0, 0.1) is 11.8 Å². The fourth-order valence-corrected chi connectivity index (χ4v) is 1.89. The van der Waals surface area contributed by atoms with Crippen LogP contribution in [0.1, 0.15) is 19.8 Å². The molecule has 0 saturated carbocycles. The summed E-state index contributed by atoms with van der Waals surface area (Å²) in [5.74, 6) is 0.548. The van der Waals surface area contributed by atoms with Gasteiger partial charge in [0, 0.05) is 5.92 Å². The second kappa shape index (κ2) is 4.24. The van der Waals surface area contributed by atoms with Crippen molar-refractivity contribution >= 4 is 16.8 Å². The molecule has 1 aliphatic heterocycles. The molecule has 0 aromatic carbocycles. The minimum Gasteiger partial charge on any atom is -0.306 e. The molecule has 1 heterocycles. The zero-order valence-electron chi connectivity index (χ0n) is 7.72. The molecule has 70 valence electrons. The van der Waals surface area contributed by atoms with Crippen LogP contribution in [0.4, 0.5) is 0 Å². The van der Waals surface area contributed by atoms with Crippen LogP contribution in [0.25, 0.3) is 0 Å². The van der Waals surface area contributed by atoms with Crippen molar-refractivity contribution < 1.29 is 4.79 Å². The number of hydrogen-bond donors (Lipinski definition) is 0. The van der Waals surface area contributed by atoms with Crippen molar-refractivity contribution in [1.82, 2.24) is 4.90 Å². The molecule has 0 bridgehead atoms. The third-order valence-corrected chi connectivity index (χ3v) is 3.17. The number of nitrogens with zero attached hydrogens (tertiary/aromatic N) is 1. The first-order valence-electron chi connectivity index (χ1n) is 4.49. The summed E-state index contributed by atoms with van der Waals surface area (Å²) in [6.07, 6.45) is 2.21. The van der Waals surface area contributed by atoms with E-state index in [1.807, 2.05) is 6.92 Å². The van der Waals surface area contributed by atoms with E-state index in [2.05, 4.69) is 11.9 Å². The molecule has 12 heavy (non-hydrogen) atoms. The predicted octanol–water partition coefficient (Wildman–Crippen LogP) is 1.73. The third kappa shape index (κ3) is 2.46. The smallest absolute Gasteiger partial charge is 0.224 e. The van der Waals surface area contributed by atoms with E-state index in [0.717, 1.165) is 25.9 Å². The van der Waals surface area contributed by atoms with Gasteiger partial charge in [0.05, 0.1) is 0 Å². The van der Waals surface area contributed by atoms with Gasteiger partial charge in [0.15, 0.2) is 0 Å². The molecule has 1 aliphatic rings. The fourth-order valence-electron chi connectivity index (χ4n) is 1.71. The van der Waals surface area contributed by atoms with E-state index in [9.17, 15) is 4.79 Å². The Labute approximate surface area is 78.9 Å². The topological polar surface area (TPSA) is 20.3 Å². The summed E-state index contributed by atoms with van der Waals surface area (Å²) in [5, 5.41) is -0.176. The van der Waals surface area contributed by atoms with Gasteiger partial charge in [0.25, 0.3) is 0 Å². The highest BCUT2D eigenvalue weighted by molar-refractivity contribution is 6.63. The van der Waals surface area contributed by atoms with Gasteiger partial charge in [0.1, 0.15) is 0 Å². The molecule has 0 aromatic rings. The summed E-state index contributed by atoms with van der Waals surface area (Å²) in [7, 11) is 2.11. The van der Waals surface area contributed by atoms with E-state index < -0.39 is 0 Å². The van der Waals surface area contributed by atoms with Crippen molar-refractivity contribution in [3.8, 4) is 0 Å². The standard InChI is InChI=1S/C9H16ClNO/c1-7(9(10)12)8-3-5-11(2)6-4-8/h7-8H,3-6H2,1-2H3. The third-order valence-electron chi connectivity index (χ3n) is 2.83. The minimum absolute atomic E-state index is 0.0420. The molecule has 1 rings (SSSR count). The number of halogens is 1. The lowest BCUT2D eigenvalue weighted by Crippen LogP contribution is -2.34. The summed E-state index contributed by atoms with van der Waals surface area (Å²) in [4.78, 5) is 13.2. The minimum atomic E-state index is -0.176. The number of carbonyl (C=O) groups excluding carboxylic acids is 1. The number of piperidine rings is 1. The van der Waals surface area contributed by atoms with Crippen molar-refractivity contribution in [2.24, 2.45) is 11.8 Å². The molecule has 0 aliphatic carbocycles. The van der Waals surface area contributed by atoms with Gasteiger partial charge in [0.2, 0.25) is 5.24 Å². The van der Waals surface area contributed by atoms with Gasteiger partial charge in [-0.3, -0.25) is 4.79 Å². The predicted molar refractivity (Wildman–Crippen MR) is 50.2 cm³/mol. The average molecular weight is 190 g/mol. The van der Waals surface area contributed by atoms with Crippen LogP contribution in [0.15, 0.2) is 0 Å². The Balaban J connectivity index is 2.39. The zero-order valence-corrected chi connectivity index (χ0v) is 8.47. The van der Waals surface area contributed by atoms with Gasteiger partial charge >= 0.3 is 0 Å². The van der Waals surface area contributed by atoms with Crippen molar-refractivity contribution in [3.63, 3.8) is 0 Å². The first-order chi connectivity index (χ1) is 5.61. The summed E-state index contributed by atoms with van der Waals surface area (Å²) >= 11 is 5.45.